The summed E-state index contributed by atoms with van der Waals surface area (Å²) in [5.74, 6) is 0. The zero-order chi connectivity index (χ0) is 20.2. The van der Waals surface area contributed by atoms with Crippen LogP contribution < -0.4 is 10.2 Å². The minimum Gasteiger partial charge on any atom is -0.340 e. The van der Waals surface area contributed by atoms with Crippen molar-refractivity contribution in [2.24, 2.45) is 4.99 Å². The number of hydrogen-bond acceptors (Lipinski definition) is 2. The second kappa shape index (κ2) is 7.68. The highest BCUT2D eigenvalue weighted by Crippen LogP contribution is 2.32. The van der Waals surface area contributed by atoms with Crippen molar-refractivity contribution in [2.75, 3.05) is 11.9 Å². The molecule has 2 rings (SSSR count). The van der Waals surface area contributed by atoms with E-state index < -0.39 is 29.5 Å². The zero-order valence-electron chi connectivity index (χ0n) is 13.8. The summed E-state index contributed by atoms with van der Waals surface area (Å²) in [5.41, 5.74) is -2.20. The van der Waals surface area contributed by atoms with Crippen molar-refractivity contribution >= 4 is 23.7 Å². The maximum absolute atomic E-state index is 12.9. The SMILES string of the molecule is CNC(=O)N(C=Nc1cccc(C(F)(F)F)c1)c1cccc(C(F)(F)F)c1. The van der Waals surface area contributed by atoms with Gasteiger partial charge in [-0.3, -0.25) is 4.90 Å². The van der Waals surface area contributed by atoms with Crippen LogP contribution in [0.25, 0.3) is 0 Å². The first-order valence-corrected chi connectivity index (χ1v) is 7.42. The van der Waals surface area contributed by atoms with Gasteiger partial charge in [0.1, 0.15) is 6.34 Å². The maximum atomic E-state index is 12.9. The second-order valence-corrected chi connectivity index (χ2v) is 5.27. The molecule has 0 aliphatic carbocycles. The first-order valence-electron chi connectivity index (χ1n) is 7.42. The minimum absolute atomic E-state index is 0.120. The van der Waals surface area contributed by atoms with Gasteiger partial charge in [0.25, 0.3) is 0 Å². The third kappa shape index (κ3) is 5.22. The number of halogens is 6. The van der Waals surface area contributed by atoms with Crippen LogP contribution in [0.2, 0.25) is 0 Å². The number of nitrogens with zero attached hydrogens (tertiary/aromatic N) is 2. The molecule has 0 saturated heterocycles. The molecular formula is C17H13F6N3O. The van der Waals surface area contributed by atoms with Crippen LogP contribution in [0.4, 0.5) is 42.5 Å². The van der Waals surface area contributed by atoms with Gasteiger partial charge in [-0.25, -0.2) is 9.79 Å². The molecular weight excluding hydrogens is 376 g/mol. The van der Waals surface area contributed by atoms with Crippen LogP contribution in [0.5, 0.6) is 0 Å². The average Bonchev–Trinajstić information content (AvgIpc) is 2.60. The number of anilines is 1. The Morgan fingerprint density at radius 2 is 1.52 bits per heavy atom. The van der Waals surface area contributed by atoms with Crippen molar-refractivity contribution in [3.8, 4) is 0 Å². The van der Waals surface area contributed by atoms with Crippen LogP contribution in [0.3, 0.4) is 0 Å². The molecule has 0 aliphatic heterocycles. The van der Waals surface area contributed by atoms with Gasteiger partial charge in [-0.2, -0.15) is 26.3 Å². The van der Waals surface area contributed by atoms with E-state index in [0.29, 0.717) is 0 Å². The summed E-state index contributed by atoms with van der Waals surface area (Å²) in [5, 5.41) is 2.23. The molecule has 0 unspecified atom stereocenters. The van der Waals surface area contributed by atoms with E-state index in [-0.39, 0.29) is 11.4 Å². The molecule has 0 saturated carbocycles. The van der Waals surface area contributed by atoms with Gasteiger partial charge in [-0.05, 0) is 36.4 Å². The lowest BCUT2D eigenvalue weighted by molar-refractivity contribution is -0.138. The fourth-order valence-electron chi connectivity index (χ4n) is 2.08. The Kier molecular flexibility index (Phi) is 5.77. The lowest BCUT2D eigenvalue weighted by atomic mass is 10.2. The van der Waals surface area contributed by atoms with E-state index >= 15 is 0 Å². The number of carbonyl (C=O) groups is 1. The number of amides is 2. The van der Waals surface area contributed by atoms with Crippen molar-refractivity contribution < 1.29 is 31.1 Å². The van der Waals surface area contributed by atoms with Crippen molar-refractivity contribution in [3.05, 3.63) is 59.7 Å². The van der Waals surface area contributed by atoms with E-state index in [1.807, 2.05) is 0 Å². The highest BCUT2D eigenvalue weighted by atomic mass is 19.4. The number of alkyl halides is 6. The number of rotatable bonds is 3. The lowest BCUT2D eigenvalue weighted by Crippen LogP contribution is -2.37. The molecule has 1 N–H and O–H groups in total. The van der Waals surface area contributed by atoms with Crippen molar-refractivity contribution in [1.29, 1.82) is 0 Å². The Bertz CT molecular complexity index is 845. The van der Waals surface area contributed by atoms with E-state index in [9.17, 15) is 31.1 Å². The van der Waals surface area contributed by atoms with Gasteiger partial charge in [-0.15, -0.1) is 0 Å². The molecule has 2 amide bonds. The fraction of sp³-hybridized carbons (Fsp3) is 0.176. The number of aliphatic imine (C=N–C) groups is 1. The molecule has 2 aromatic carbocycles. The molecule has 4 nitrogen and oxygen atoms in total. The van der Waals surface area contributed by atoms with Gasteiger partial charge in [0.15, 0.2) is 0 Å². The Balaban J connectivity index is 2.39. The molecule has 0 fully saturated rings. The minimum atomic E-state index is -4.62. The number of urea groups is 1. The second-order valence-electron chi connectivity index (χ2n) is 5.27. The summed E-state index contributed by atoms with van der Waals surface area (Å²) >= 11 is 0. The quantitative estimate of drug-likeness (QED) is 0.436. The summed E-state index contributed by atoms with van der Waals surface area (Å²) in [7, 11) is 1.25. The van der Waals surface area contributed by atoms with Gasteiger partial charge in [-0.1, -0.05) is 12.1 Å². The first kappa shape index (κ1) is 20.3. The molecule has 0 aromatic heterocycles. The van der Waals surface area contributed by atoms with E-state index in [2.05, 4.69) is 10.3 Å². The van der Waals surface area contributed by atoms with Gasteiger partial charge in [0, 0.05) is 7.05 Å². The molecule has 27 heavy (non-hydrogen) atoms. The van der Waals surface area contributed by atoms with Crippen molar-refractivity contribution in [2.45, 2.75) is 12.4 Å². The summed E-state index contributed by atoms with van der Waals surface area (Å²) in [6.45, 7) is 0. The Morgan fingerprint density at radius 3 is 2.07 bits per heavy atom. The van der Waals surface area contributed by atoms with Crippen LogP contribution >= 0.6 is 0 Å². The largest absolute Gasteiger partial charge is 0.416 e. The Hall–Kier alpha value is -3.04. The number of nitrogens with one attached hydrogen (secondary N) is 1. The van der Waals surface area contributed by atoms with E-state index in [1.165, 1.54) is 19.2 Å². The smallest absolute Gasteiger partial charge is 0.340 e. The van der Waals surface area contributed by atoms with Crippen LogP contribution in [0, 0.1) is 0 Å². The van der Waals surface area contributed by atoms with Crippen molar-refractivity contribution in [1.82, 2.24) is 5.32 Å². The van der Waals surface area contributed by atoms with Crippen molar-refractivity contribution in [3.63, 3.8) is 0 Å². The van der Waals surface area contributed by atoms with Crippen LogP contribution in [0.15, 0.2) is 53.5 Å². The normalized spacial score (nSPS) is 12.3. The summed E-state index contributed by atoms with van der Waals surface area (Å²) < 4.78 is 76.8. The third-order valence-corrected chi connectivity index (χ3v) is 3.38. The summed E-state index contributed by atoms with van der Waals surface area (Å²) in [6.07, 6.45) is -8.35. The number of benzene rings is 2. The standard InChI is InChI=1S/C17H13F6N3O/c1-24-15(27)26(14-7-3-5-12(9-14)17(21,22)23)10-25-13-6-2-4-11(8-13)16(18,19)20/h2-10H,1H3,(H,24,27). The molecule has 2 aromatic rings. The molecule has 0 aliphatic rings. The highest BCUT2D eigenvalue weighted by molar-refractivity contribution is 6.07. The third-order valence-electron chi connectivity index (χ3n) is 3.38. The van der Waals surface area contributed by atoms with E-state index in [4.69, 9.17) is 0 Å². The number of hydrogen-bond donors (Lipinski definition) is 1. The molecule has 144 valence electrons. The predicted molar refractivity (Wildman–Crippen MR) is 88.0 cm³/mol. The first-order chi connectivity index (χ1) is 12.5. The predicted octanol–water partition coefficient (Wildman–Crippen LogP) is 5.23. The molecule has 0 heterocycles. The zero-order valence-corrected chi connectivity index (χ0v) is 13.8. The molecule has 0 radical (unpaired) electrons. The lowest BCUT2D eigenvalue weighted by Gasteiger charge is -2.18. The summed E-state index contributed by atoms with van der Waals surface area (Å²) in [4.78, 5) is 16.5. The number of carbonyl (C=O) groups excluding carboxylic acids is 1. The fourth-order valence-corrected chi connectivity index (χ4v) is 2.08. The van der Waals surface area contributed by atoms with Crippen LogP contribution in [-0.2, 0) is 12.4 Å². The monoisotopic (exact) mass is 389 g/mol. The topological polar surface area (TPSA) is 44.7 Å². The average molecular weight is 389 g/mol. The molecule has 10 heteroatoms. The van der Waals surface area contributed by atoms with E-state index in [0.717, 1.165) is 47.6 Å². The van der Waals surface area contributed by atoms with Gasteiger partial charge in [0.05, 0.1) is 22.5 Å². The van der Waals surface area contributed by atoms with Gasteiger partial charge in [0.2, 0.25) is 0 Å². The summed E-state index contributed by atoms with van der Waals surface area (Å²) in [6, 6.07) is 7.08. The molecule has 0 spiro atoms. The Labute approximate surface area is 150 Å². The molecule has 0 bridgehead atoms. The van der Waals surface area contributed by atoms with Gasteiger partial charge >= 0.3 is 18.4 Å². The van der Waals surface area contributed by atoms with Crippen LogP contribution in [0.1, 0.15) is 11.1 Å². The maximum Gasteiger partial charge on any atom is 0.416 e. The van der Waals surface area contributed by atoms with Gasteiger partial charge < -0.3 is 5.32 Å². The van der Waals surface area contributed by atoms with E-state index in [1.54, 1.807) is 0 Å². The highest BCUT2D eigenvalue weighted by Gasteiger charge is 2.31. The Morgan fingerprint density at radius 1 is 0.963 bits per heavy atom. The van der Waals surface area contributed by atoms with Crippen LogP contribution in [-0.4, -0.2) is 19.4 Å². The molecule has 0 atom stereocenters.